The second kappa shape index (κ2) is 4.81. The van der Waals surface area contributed by atoms with E-state index in [-0.39, 0.29) is 35.2 Å². The maximum atomic E-state index is 13.4. The maximum absolute atomic E-state index is 13.4. The number of ether oxygens (including phenoxy) is 1. The van der Waals surface area contributed by atoms with Gasteiger partial charge < -0.3 is 9.26 Å². The van der Waals surface area contributed by atoms with Crippen molar-refractivity contribution < 1.29 is 18.6 Å². The van der Waals surface area contributed by atoms with Crippen LogP contribution in [0.3, 0.4) is 0 Å². The number of carbonyl (C=O) groups is 1. The van der Waals surface area contributed by atoms with E-state index in [2.05, 4.69) is 20.8 Å². The normalized spacial score (nSPS) is 46.2. The van der Waals surface area contributed by atoms with Crippen LogP contribution in [0.4, 0.5) is 0 Å². The standard InChI is InChI=1S/C16H28NO4P/c1-10(2)17-13-11-7-8-16(5,15(11,3)4)14(13)21-22(17,19)9-12(18)20-6/h10-11,13-14H,7-9H2,1-6H3/t11?,13?,14?,16?,22-/m0/s1. The Morgan fingerprint density at radius 2 is 2.05 bits per heavy atom. The first kappa shape index (κ1) is 16.5. The second-order valence-electron chi connectivity index (χ2n) is 8.15. The summed E-state index contributed by atoms with van der Waals surface area (Å²) in [5.41, 5.74) is 0.198. The van der Waals surface area contributed by atoms with Gasteiger partial charge >= 0.3 is 5.97 Å². The van der Waals surface area contributed by atoms with Crippen molar-refractivity contribution in [2.75, 3.05) is 13.3 Å². The number of rotatable bonds is 3. The first-order valence-electron chi connectivity index (χ1n) is 8.21. The summed E-state index contributed by atoms with van der Waals surface area (Å²) in [6.45, 7) is 11.0. The second-order valence-corrected chi connectivity index (χ2v) is 10.4. The van der Waals surface area contributed by atoms with Crippen molar-refractivity contribution in [3.8, 4) is 0 Å². The first-order chi connectivity index (χ1) is 10.1. The topological polar surface area (TPSA) is 55.8 Å². The van der Waals surface area contributed by atoms with E-state index in [0.717, 1.165) is 12.8 Å². The molecular formula is C16H28NO4P. The number of hydrogen-bond acceptors (Lipinski definition) is 4. The zero-order valence-corrected chi connectivity index (χ0v) is 15.4. The first-order valence-corrected chi connectivity index (χ1v) is 9.98. The summed E-state index contributed by atoms with van der Waals surface area (Å²) in [5.74, 6) is 0.0177. The van der Waals surface area contributed by atoms with Crippen LogP contribution in [0.15, 0.2) is 0 Å². The molecular weight excluding hydrogens is 301 g/mol. The predicted molar refractivity (Wildman–Crippen MR) is 84.7 cm³/mol. The molecule has 0 aromatic carbocycles. The van der Waals surface area contributed by atoms with Gasteiger partial charge in [-0.15, -0.1) is 0 Å². The molecule has 6 heteroatoms. The zero-order valence-electron chi connectivity index (χ0n) is 14.5. The molecule has 1 saturated heterocycles. The fourth-order valence-electron chi connectivity index (χ4n) is 5.24. The molecule has 3 fully saturated rings. The van der Waals surface area contributed by atoms with Gasteiger partial charge in [0.05, 0.1) is 13.2 Å². The minimum absolute atomic E-state index is 0.0255. The number of methoxy groups -OCH3 is 1. The van der Waals surface area contributed by atoms with E-state index in [4.69, 9.17) is 9.26 Å². The summed E-state index contributed by atoms with van der Waals surface area (Å²) in [6, 6.07) is 0.244. The quantitative estimate of drug-likeness (QED) is 0.587. The van der Waals surface area contributed by atoms with Gasteiger partial charge in [0.2, 0.25) is 0 Å². The van der Waals surface area contributed by atoms with E-state index < -0.39 is 13.5 Å². The molecule has 2 bridgehead atoms. The summed E-state index contributed by atoms with van der Waals surface area (Å²) < 4.78 is 26.4. The molecule has 0 N–H and O–H groups in total. The number of fused-ring (bicyclic) bond motifs is 5. The number of esters is 1. The Kier molecular flexibility index (Phi) is 3.60. The molecule has 0 spiro atoms. The molecule has 0 amide bonds. The molecule has 3 aliphatic rings. The Morgan fingerprint density at radius 3 is 2.59 bits per heavy atom. The average Bonchev–Trinajstić information content (AvgIpc) is 2.88. The number of carbonyl (C=O) groups excluding carboxylic acids is 1. The van der Waals surface area contributed by atoms with Crippen LogP contribution in [0.25, 0.3) is 0 Å². The fraction of sp³-hybridized carbons (Fsp3) is 0.938. The summed E-state index contributed by atoms with van der Waals surface area (Å²) >= 11 is 0. The van der Waals surface area contributed by atoms with Gasteiger partial charge in [0.25, 0.3) is 7.52 Å². The number of nitrogens with zero attached hydrogens (tertiary/aromatic N) is 1. The zero-order chi connectivity index (χ0) is 16.5. The van der Waals surface area contributed by atoms with Crippen molar-refractivity contribution in [2.24, 2.45) is 16.7 Å². The van der Waals surface area contributed by atoms with Crippen molar-refractivity contribution in [1.82, 2.24) is 4.67 Å². The molecule has 0 aromatic rings. The van der Waals surface area contributed by atoms with Crippen LogP contribution in [0.2, 0.25) is 0 Å². The van der Waals surface area contributed by atoms with Crippen molar-refractivity contribution >= 4 is 13.5 Å². The molecule has 2 saturated carbocycles. The highest BCUT2D eigenvalue weighted by Gasteiger charge is 2.73. The van der Waals surface area contributed by atoms with Gasteiger partial charge in [0.1, 0.15) is 6.16 Å². The molecule has 4 unspecified atom stereocenters. The van der Waals surface area contributed by atoms with E-state index in [1.54, 1.807) is 0 Å². The highest BCUT2D eigenvalue weighted by atomic mass is 31.2. The van der Waals surface area contributed by atoms with Crippen LogP contribution < -0.4 is 0 Å². The third-order valence-corrected chi connectivity index (χ3v) is 9.39. The Balaban J connectivity index is 2.01. The van der Waals surface area contributed by atoms with E-state index in [0.29, 0.717) is 5.92 Å². The van der Waals surface area contributed by atoms with Crippen LogP contribution >= 0.6 is 7.52 Å². The Bertz CT molecular complexity index is 546. The summed E-state index contributed by atoms with van der Waals surface area (Å²) in [4.78, 5) is 11.7. The third kappa shape index (κ3) is 1.85. The highest BCUT2D eigenvalue weighted by molar-refractivity contribution is 7.57. The molecule has 0 radical (unpaired) electrons. The molecule has 5 atom stereocenters. The van der Waals surface area contributed by atoms with Crippen LogP contribution in [-0.2, 0) is 18.6 Å². The lowest BCUT2D eigenvalue weighted by Gasteiger charge is -2.38. The summed E-state index contributed by atoms with van der Waals surface area (Å²) in [6.07, 6.45) is 2.07. The van der Waals surface area contributed by atoms with Gasteiger partial charge in [-0.05, 0) is 38.0 Å². The molecule has 0 aromatic heterocycles. The van der Waals surface area contributed by atoms with Gasteiger partial charge in [0.15, 0.2) is 0 Å². The van der Waals surface area contributed by atoms with Gasteiger partial charge in [-0.2, -0.15) is 0 Å². The molecule has 5 nitrogen and oxygen atoms in total. The molecule has 1 heterocycles. The van der Waals surface area contributed by atoms with Crippen molar-refractivity contribution in [1.29, 1.82) is 0 Å². The Labute approximate surface area is 133 Å². The average molecular weight is 329 g/mol. The summed E-state index contributed by atoms with van der Waals surface area (Å²) in [7, 11) is -1.83. The molecule has 1 aliphatic heterocycles. The van der Waals surface area contributed by atoms with Crippen LogP contribution in [-0.4, -0.2) is 42.1 Å². The van der Waals surface area contributed by atoms with E-state index in [1.807, 2.05) is 18.5 Å². The maximum Gasteiger partial charge on any atom is 0.316 e. The minimum Gasteiger partial charge on any atom is -0.469 e. The summed E-state index contributed by atoms with van der Waals surface area (Å²) in [5, 5.41) is 0. The molecule has 3 rings (SSSR count). The predicted octanol–water partition coefficient (Wildman–Crippen LogP) is 3.29. The van der Waals surface area contributed by atoms with E-state index in [1.165, 1.54) is 7.11 Å². The van der Waals surface area contributed by atoms with Crippen LogP contribution in [0.5, 0.6) is 0 Å². The lowest BCUT2D eigenvalue weighted by atomic mass is 9.70. The van der Waals surface area contributed by atoms with E-state index in [9.17, 15) is 9.36 Å². The lowest BCUT2D eigenvalue weighted by Crippen LogP contribution is -2.44. The third-order valence-electron chi connectivity index (χ3n) is 6.75. The van der Waals surface area contributed by atoms with E-state index >= 15 is 0 Å². The van der Waals surface area contributed by atoms with Crippen molar-refractivity contribution in [3.63, 3.8) is 0 Å². The van der Waals surface area contributed by atoms with Crippen LogP contribution in [0.1, 0.15) is 47.5 Å². The van der Waals surface area contributed by atoms with Gasteiger partial charge in [-0.3, -0.25) is 9.36 Å². The fourth-order valence-corrected chi connectivity index (χ4v) is 8.14. The highest BCUT2D eigenvalue weighted by Crippen LogP contribution is 2.76. The smallest absolute Gasteiger partial charge is 0.316 e. The van der Waals surface area contributed by atoms with Gasteiger partial charge in [0, 0.05) is 17.5 Å². The largest absolute Gasteiger partial charge is 0.469 e. The SMILES string of the molecule is COC(=O)C[P@]1(=O)OC2C(C3CCC2(C)C3(C)C)N1C(C)C. The van der Waals surface area contributed by atoms with Gasteiger partial charge in [-0.25, -0.2) is 4.67 Å². The Hall–Kier alpha value is -0.380. The molecule has 22 heavy (non-hydrogen) atoms. The van der Waals surface area contributed by atoms with Gasteiger partial charge in [-0.1, -0.05) is 20.8 Å². The van der Waals surface area contributed by atoms with Crippen molar-refractivity contribution in [3.05, 3.63) is 0 Å². The molecule has 2 aliphatic carbocycles. The Morgan fingerprint density at radius 1 is 1.41 bits per heavy atom. The monoisotopic (exact) mass is 329 g/mol. The number of hydrogen-bond donors (Lipinski definition) is 0. The lowest BCUT2D eigenvalue weighted by molar-refractivity contribution is -0.137. The van der Waals surface area contributed by atoms with Crippen LogP contribution in [0, 0.1) is 16.7 Å². The van der Waals surface area contributed by atoms with Crippen molar-refractivity contribution in [2.45, 2.75) is 65.6 Å². The minimum atomic E-state index is -3.16. The molecule has 126 valence electrons.